The predicted molar refractivity (Wildman–Crippen MR) is 107 cm³/mol. The lowest BCUT2D eigenvalue weighted by atomic mass is 10.2. The van der Waals surface area contributed by atoms with Crippen molar-refractivity contribution in [3.05, 3.63) is 62.7 Å². The average Bonchev–Trinajstić information content (AvgIpc) is 2.61. The van der Waals surface area contributed by atoms with E-state index in [0.29, 0.717) is 0 Å². The van der Waals surface area contributed by atoms with E-state index in [9.17, 15) is 18.5 Å². The van der Waals surface area contributed by atoms with Crippen LogP contribution in [0.3, 0.4) is 0 Å². The molecule has 0 aliphatic heterocycles. The quantitative estimate of drug-likeness (QED) is 0.510. The molecule has 0 fully saturated rings. The summed E-state index contributed by atoms with van der Waals surface area (Å²) in [6.07, 6.45) is 0. The van der Waals surface area contributed by atoms with Crippen molar-refractivity contribution in [3.63, 3.8) is 0 Å². The van der Waals surface area contributed by atoms with E-state index in [2.05, 4.69) is 0 Å². The SMILES string of the molecule is CCN(Cc1ccc(N(C)C)cc1)S(=O)(=O)c1cc(Cl)c(C)c([N+](=O)[O-])c1. The van der Waals surface area contributed by atoms with E-state index in [4.69, 9.17) is 11.6 Å². The van der Waals surface area contributed by atoms with Gasteiger partial charge in [0, 0.05) is 44.5 Å². The summed E-state index contributed by atoms with van der Waals surface area (Å²) >= 11 is 6.03. The van der Waals surface area contributed by atoms with Crippen LogP contribution in [0, 0.1) is 17.0 Å². The maximum Gasteiger partial charge on any atom is 0.275 e. The molecule has 2 rings (SSSR count). The summed E-state index contributed by atoms with van der Waals surface area (Å²) in [7, 11) is -0.0921. The summed E-state index contributed by atoms with van der Waals surface area (Å²) in [4.78, 5) is 12.3. The van der Waals surface area contributed by atoms with Crippen LogP contribution in [0.2, 0.25) is 5.02 Å². The van der Waals surface area contributed by atoms with Gasteiger partial charge >= 0.3 is 0 Å². The van der Waals surface area contributed by atoms with Crippen LogP contribution in [0.4, 0.5) is 11.4 Å². The molecule has 2 aromatic rings. The van der Waals surface area contributed by atoms with E-state index >= 15 is 0 Å². The lowest BCUT2D eigenvalue weighted by Crippen LogP contribution is -2.30. The Bertz CT molecular complexity index is 944. The first kappa shape index (κ1) is 21.1. The van der Waals surface area contributed by atoms with Gasteiger partial charge in [0.05, 0.1) is 14.8 Å². The number of nitro benzene ring substituents is 1. The van der Waals surface area contributed by atoms with Crippen LogP contribution in [0.15, 0.2) is 41.3 Å². The fourth-order valence-electron chi connectivity index (χ4n) is 2.60. The zero-order valence-corrected chi connectivity index (χ0v) is 17.2. The van der Waals surface area contributed by atoms with Crippen LogP contribution in [0.5, 0.6) is 0 Å². The molecule has 0 saturated heterocycles. The van der Waals surface area contributed by atoms with E-state index in [1.54, 1.807) is 6.92 Å². The Hall–Kier alpha value is -2.16. The molecule has 0 unspecified atom stereocenters. The maximum atomic E-state index is 13.0. The van der Waals surface area contributed by atoms with Gasteiger partial charge in [-0.2, -0.15) is 4.31 Å². The number of rotatable bonds is 7. The topological polar surface area (TPSA) is 83.8 Å². The first-order valence-corrected chi connectivity index (χ1v) is 10.1. The van der Waals surface area contributed by atoms with Gasteiger partial charge in [0.2, 0.25) is 10.0 Å². The summed E-state index contributed by atoms with van der Waals surface area (Å²) in [6.45, 7) is 3.58. The Morgan fingerprint density at radius 3 is 2.22 bits per heavy atom. The molecule has 7 nitrogen and oxygen atoms in total. The molecule has 0 bridgehead atoms. The zero-order chi connectivity index (χ0) is 20.4. The number of anilines is 1. The van der Waals surface area contributed by atoms with Crippen molar-refractivity contribution in [1.82, 2.24) is 4.31 Å². The van der Waals surface area contributed by atoms with Gasteiger partial charge in [0.25, 0.3) is 5.69 Å². The summed E-state index contributed by atoms with van der Waals surface area (Å²) in [6, 6.07) is 9.86. The second kappa shape index (κ2) is 8.24. The molecule has 0 aliphatic carbocycles. The largest absolute Gasteiger partial charge is 0.378 e. The molecule has 27 heavy (non-hydrogen) atoms. The van der Waals surface area contributed by atoms with E-state index in [1.807, 2.05) is 43.3 Å². The average molecular weight is 412 g/mol. The molecule has 0 aliphatic rings. The number of benzene rings is 2. The summed E-state index contributed by atoms with van der Waals surface area (Å²) in [5.41, 5.74) is 1.75. The van der Waals surface area contributed by atoms with E-state index in [1.165, 1.54) is 17.3 Å². The van der Waals surface area contributed by atoms with Crippen LogP contribution in [0.1, 0.15) is 18.1 Å². The van der Waals surface area contributed by atoms with E-state index in [0.717, 1.165) is 17.3 Å². The third kappa shape index (κ3) is 4.58. The van der Waals surface area contributed by atoms with Gasteiger partial charge in [-0.05, 0) is 30.7 Å². The molecule has 146 valence electrons. The van der Waals surface area contributed by atoms with Crippen LogP contribution < -0.4 is 4.90 Å². The smallest absolute Gasteiger partial charge is 0.275 e. The second-order valence-electron chi connectivity index (χ2n) is 6.30. The zero-order valence-electron chi connectivity index (χ0n) is 15.6. The highest BCUT2D eigenvalue weighted by atomic mass is 35.5. The maximum absolute atomic E-state index is 13.0. The fourth-order valence-corrected chi connectivity index (χ4v) is 4.36. The second-order valence-corrected chi connectivity index (χ2v) is 8.64. The van der Waals surface area contributed by atoms with E-state index < -0.39 is 14.9 Å². The number of halogens is 1. The normalized spacial score (nSPS) is 11.6. The van der Waals surface area contributed by atoms with Gasteiger partial charge in [0.15, 0.2) is 0 Å². The van der Waals surface area contributed by atoms with Crippen molar-refractivity contribution < 1.29 is 13.3 Å². The molecule has 0 spiro atoms. The number of nitro groups is 1. The molecule has 0 heterocycles. The van der Waals surface area contributed by atoms with Crippen molar-refractivity contribution in [2.24, 2.45) is 0 Å². The predicted octanol–water partition coefficient (Wildman–Crippen LogP) is 3.83. The molecular formula is C18H22ClN3O4S. The number of sulfonamides is 1. The van der Waals surface area contributed by atoms with Gasteiger partial charge in [-0.15, -0.1) is 0 Å². The molecule has 0 N–H and O–H groups in total. The minimum atomic E-state index is -3.94. The molecule has 0 radical (unpaired) electrons. The Morgan fingerprint density at radius 2 is 1.74 bits per heavy atom. The van der Waals surface area contributed by atoms with Gasteiger partial charge in [-0.25, -0.2) is 8.42 Å². The highest BCUT2D eigenvalue weighted by Crippen LogP contribution is 2.31. The Balaban J connectivity index is 2.39. The number of nitrogens with zero attached hydrogens (tertiary/aromatic N) is 3. The summed E-state index contributed by atoms with van der Waals surface area (Å²) < 4.78 is 27.3. The third-order valence-electron chi connectivity index (χ3n) is 4.29. The minimum absolute atomic E-state index is 0.0502. The van der Waals surface area contributed by atoms with Crippen LogP contribution >= 0.6 is 11.6 Å². The van der Waals surface area contributed by atoms with Crippen LogP contribution in [-0.2, 0) is 16.6 Å². The van der Waals surface area contributed by atoms with Crippen LogP contribution in [0.25, 0.3) is 0 Å². The van der Waals surface area contributed by atoms with Crippen molar-refractivity contribution in [2.75, 3.05) is 25.5 Å². The van der Waals surface area contributed by atoms with E-state index in [-0.39, 0.29) is 34.3 Å². The Labute approximate surface area is 164 Å². The molecule has 0 atom stereocenters. The standard InChI is InChI=1S/C18H22ClN3O4S/c1-5-21(12-14-6-8-15(9-7-14)20(3)4)27(25,26)16-10-17(19)13(2)18(11-16)22(23)24/h6-11H,5,12H2,1-4H3. The summed E-state index contributed by atoms with van der Waals surface area (Å²) in [5.74, 6) is 0. The van der Waals surface area contributed by atoms with Crippen molar-refractivity contribution >= 4 is 33.0 Å². The Kier molecular flexibility index (Phi) is 6.46. The van der Waals surface area contributed by atoms with Gasteiger partial charge < -0.3 is 4.90 Å². The molecule has 9 heteroatoms. The highest BCUT2D eigenvalue weighted by molar-refractivity contribution is 7.89. The number of hydrogen-bond acceptors (Lipinski definition) is 5. The van der Waals surface area contributed by atoms with Crippen molar-refractivity contribution in [1.29, 1.82) is 0 Å². The third-order valence-corrected chi connectivity index (χ3v) is 6.58. The summed E-state index contributed by atoms with van der Waals surface area (Å²) in [5, 5.41) is 11.3. The van der Waals surface area contributed by atoms with Gasteiger partial charge in [0.1, 0.15) is 0 Å². The number of hydrogen-bond donors (Lipinski definition) is 0. The van der Waals surface area contributed by atoms with Gasteiger partial charge in [-0.1, -0.05) is 30.7 Å². The molecule has 0 amide bonds. The fraction of sp³-hybridized carbons (Fsp3) is 0.333. The van der Waals surface area contributed by atoms with Gasteiger partial charge in [-0.3, -0.25) is 10.1 Å². The molecule has 2 aromatic carbocycles. The molecule has 0 saturated carbocycles. The minimum Gasteiger partial charge on any atom is -0.378 e. The first-order chi connectivity index (χ1) is 12.6. The molecular weight excluding hydrogens is 390 g/mol. The molecule has 0 aromatic heterocycles. The first-order valence-electron chi connectivity index (χ1n) is 8.28. The van der Waals surface area contributed by atoms with Crippen molar-refractivity contribution in [3.8, 4) is 0 Å². The van der Waals surface area contributed by atoms with Crippen LogP contribution in [-0.4, -0.2) is 38.3 Å². The van der Waals surface area contributed by atoms with Crippen molar-refractivity contribution in [2.45, 2.75) is 25.3 Å². The Morgan fingerprint density at radius 1 is 1.15 bits per heavy atom. The monoisotopic (exact) mass is 411 g/mol. The lowest BCUT2D eigenvalue weighted by Gasteiger charge is -2.21. The lowest BCUT2D eigenvalue weighted by molar-refractivity contribution is -0.385. The highest BCUT2D eigenvalue weighted by Gasteiger charge is 2.27.